The second-order valence-corrected chi connectivity index (χ2v) is 5.88. The van der Waals surface area contributed by atoms with E-state index in [4.69, 9.17) is 14.7 Å². The molecule has 0 radical (unpaired) electrons. The van der Waals surface area contributed by atoms with Gasteiger partial charge in [-0.1, -0.05) is 33.6 Å². The lowest BCUT2D eigenvalue weighted by molar-refractivity contribution is -0.208. The van der Waals surface area contributed by atoms with Gasteiger partial charge in [-0.15, -0.1) is 0 Å². The number of nitrogens with zero attached hydrogens (tertiary/aromatic N) is 1. The van der Waals surface area contributed by atoms with E-state index in [2.05, 4.69) is 26.8 Å². The van der Waals surface area contributed by atoms with E-state index in [1.165, 1.54) is 19.3 Å². The Morgan fingerprint density at radius 1 is 1.44 bits per heavy atom. The van der Waals surface area contributed by atoms with E-state index in [1.807, 2.05) is 0 Å². The molecule has 2 atom stereocenters. The molecular weight excluding hydrogens is 226 g/mol. The fourth-order valence-electron chi connectivity index (χ4n) is 2.39. The van der Waals surface area contributed by atoms with Crippen LogP contribution in [0.1, 0.15) is 65.7 Å². The summed E-state index contributed by atoms with van der Waals surface area (Å²) in [5.41, 5.74) is 0.0482. The van der Waals surface area contributed by atoms with E-state index in [1.54, 1.807) is 0 Å². The van der Waals surface area contributed by atoms with E-state index in [9.17, 15) is 0 Å². The molecule has 1 aliphatic rings. The Bertz CT molecular complexity index is 264. The monoisotopic (exact) mass is 253 g/mol. The molecule has 0 N–H and O–H groups in total. The van der Waals surface area contributed by atoms with Crippen molar-refractivity contribution >= 4 is 0 Å². The Hall–Kier alpha value is -0.590. The Kier molecular flexibility index (Phi) is 6.67. The third-order valence-electron chi connectivity index (χ3n) is 3.78. The molecule has 0 bridgehead atoms. The van der Waals surface area contributed by atoms with Crippen LogP contribution in [-0.2, 0) is 9.47 Å². The molecule has 3 heteroatoms. The zero-order valence-corrected chi connectivity index (χ0v) is 12.1. The number of ether oxygens (including phenoxy) is 2. The van der Waals surface area contributed by atoms with Gasteiger partial charge >= 0.3 is 0 Å². The number of hydrogen-bond acceptors (Lipinski definition) is 3. The van der Waals surface area contributed by atoms with Crippen molar-refractivity contribution in [1.29, 1.82) is 5.26 Å². The first kappa shape index (κ1) is 15.5. The van der Waals surface area contributed by atoms with Crippen LogP contribution in [0.3, 0.4) is 0 Å². The van der Waals surface area contributed by atoms with Crippen LogP contribution in [0.5, 0.6) is 0 Å². The summed E-state index contributed by atoms with van der Waals surface area (Å²) in [6.07, 6.45) is 7.06. The van der Waals surface area contributed by atoms with Gasteiger partial charge < -0.3 is 9.47 Å². The SMILES string of the molecule is CCCCC(C)(C)C(CC#N)OC1CCCCO1. The minimum atomic E-state index is -0.0991. The molecule has 1 fully saturated rings. The summed E-state index contributed by atoms with van der Waals surface area (Å²) < 4.78 is 11.7. The molecule has 0 aliphatic carbocycles. The Morgan fingerprint density at radius 2 is 2.22 bits per heavy atom. The van der Waals surface area contributed by atoms with Crippen molar-refractivity contribution in [2.45, 2.75) is 78.1 Å². The number of hydrogen-bond donors (Lipinski definition) is 0. The average Bonchev–Trinajstić information content (AvgIpc) is 2.37. The Labute approximate surface area is 111 Å². The van der Waals surface area contributed by atoms with E-state index in [-0.39, 0.29) is 17.8 Å². The van der Waals surface area contributed by atoms with Crippen LogP contribution in [-0.4, -0.2) is 19.0 Å². The van der Waals surface area contributed by atoms with Crippen LogP contribution in [0, 0.1) is 16.7 Å². The standard InChI is InChI=1S/C15H27NO2/c1-4-5-10-15(2,3)13(9-11-16)18-14-8-6-7-12-17-14/h13-14H,4-10,12H2,1-3H3. The lowest BCUT2D eigenvalue weighted by atomic mass is 9.80. The molecule has 0 aromatic heterocycles. The Balaban J connectivity index is 2.54. The predicted molar refractivity (Wildman–Crippen MR) is 72.0 cm³/mol. The highest BCUT2D eigenvalue weighted by atomic mass is 16.7. The highest BCUT2D eigenvalue weighted by Gasteiger charge is 2.32. The van der Waals surface area contributed by atoms with Crippen LogP contribution in [0.25, 0.3) is 0 Å². The Morgan fingerprint density at radius 3 is 2.78 bits per heavy atom. The maximum atomic E-state index is 8.98. The topological polar surface area (TPSA) is 42.2 Å². The van der Waals surface area contributed by atoms with Gasteiger partial charge in [-0.05, 0) is 31.1 Å². The minimum absolute atomic E-state index is 0.0165. The third kappa shape index (κ3) is 4.96. The van der Waals surface area contributed by atoms with Crippen molar-refractivity contribution in [3.05, 3.63) is 0 Å². The van der Waals surface area contributed by atoms with E-state index in [0.717, 1.165) is 25.9 Å². The normalized spacial score (nSPS) is 22.4. The van der Waals surface area contributed by atoms with Crippen LogP contribution >= 0.6 is 0 Å². The summed E-state index contributed by atoms with van der Waals surface area (Å²) >= 11 is 0. The highest BCUT2D eigenvalue weighted by molar-refractivity contribution is 4.87. The fraction of sp³-hybridized carbons (Fsp3) is 0.933. The first-order valence-electron chi connectivity index (χ1n) is 7.24. The molecule has 1 rings (SSSR count). The van der Waals surface area contributed by atoms with Gasteiger partial charge in [0.15, 0.2) is 6.29 Å². The van der Waals surface area contributed by atoms with Crippen LogP contribution in [0.4, 0.5) is 0 Å². The summed E-state index contributed by atoms with van der Waals surface area (Å²) in [5, 5.41) is 8.98. The maximum Gasteiger partial charge on any atom is 0.158 e. The zero-order valence-electron chi connectivity index (χ0n) is 12.1. The van der Waals surface area contributed by atoms with Crippen molar-refractivity contribution in [2.24, 2.45) is 5.41 Å². The van der Waals surface area contributed by atoms with Crippen molar-refractivity contribution in [3.63, 3.8) is 0 Å². The molecular formula is C15H27NO2. The second-order valence-electron chi connectivity index (χ2n) is 5.88. The third-order valence-corrected chi connectivity index (χ3v) is 3.78. The van der Waals surface area contributed by atoms with Gasteiger partial charge in [0.25, 0.3) is 0 Å². The van der Waals surface area contributed by atoms with Gasteiger partial charge in [-0.2, -0.15) is 5.26 Å². The van der Waals surface area contributed by atoms with Crippen molar-refractivity contribution in [1.82, 2.24) is 0 Å². The lowest BCUT2D eigenvalue weighted by Gasteiger charge is -2.36. The van der Waals surface area contributed by atoms with E-state index in [0.29, 0.717) is 6.42 Å². The van der Waals surface area contributed by atoms with Gasteiger partial charge in [-0.25, -0.2) is 0 Å². The van der Waals surface area contributed by atoms with E-state index >= 15 is 0 Å². The summed E-state index contributed by atoms with van der Waals surface area (Å²) in [7, 11) is 0. The molecule has 3 nitrogen and oxygen atoms in total. The smallest absolute Gasteiger partial charge is 0.158 e. The summed E-state index contributed by atoms with van der Waals surface area (Å²) in [6, 6.07) is 2.26. The fourth-order valence-corrected chi connectivity index (χ4v) is 2.39. The van der Waals surface area contributed by atoms with Crippen LogP contribution in [0.2, 0.25) is 0 Å². The molecule has 18 heavy (non-hydrogen) atoms. The van der Waals surface area contributed by atoms with Crippen LogP contribution < -0.4 is 0 Å². The number of rotatable bonds is 7. The molecule has 2 unspecified atom stereocenters. The molecule has 0 aromatic rings. The van der Waals surface area contributed by atoms with Gasteiger partial charge in [0.1, 0.15) is 0 Å². The molecule has 1 heterocycles. The van der Waals surface area contributed by atoms with Crippen molar-refractivity contribution < 1.29 is 9.47 Å². The van der Waals surface area contributed by atoms with Gasteiger partial charge in [0.05, 0.1) is 18.6 Å². The number of nitriles is 1. The molecule has 0 saturated carbocycles. The van der Waals surface area contributed by atoms with Crippen LogP contribution in [0.15, 0.2) is 0 Å². The lowest BCUT2D eigenvalue weighted by Crippen LogP contribution is -2.37. The predicted octanol–water partition coefficient (Wildman–Crippen LogP) is 4.03. The summed E-state index contributed by atoms with van der Waals surface area (Å²) in [4.78, 5) is 0. The molecule has 0 amide bonds. The second kappa shape index (κ2) is 7.76. The van der Waals surface area contributed by atoms with Gasteiger partial charge in [0.2, 0.25) is 0 Å². The average molecular weight is 253 g/mol. The first-order chi connectivity index (χ1) is 8.60. The zero-order chi connectivity index (χ0) is 13.4. The highest BCUT2D eigenvalue weighted by Crippen LogP contribution is 2.33. The van der Waals surface area contributed by atoms with Gasteiger partial charge in [-0.3, -0.25) is 0 Å². The largest absolute Gasteiger partial charge is 0.353 e. The maximum absolute atomic E-state index is 8.98. The molecule has 0 aromatic carbocycles. The van der Waals surface area contributed by atoms with E-state index < -0.39 is 0 Å². The van der Waals surface area contributed by atoms with Crippen molar-refractivity contribution in [3.8, 4) is 6.07 Å². The molecule has 1 aliphatic heterocycles. The molecule has 0 spiro atoms. The summed E-state index contributed by atoms with van der Waals surface area (Å²) in [5.74, 6) is 0. The minimum Gasteiger partial charge on any atom is -0.353 e. The summed E-state index contributed by atoms with van der Waals surface area (Å²) in [6.45, 7) is 7.39. The quantitative estimate of drug-likeness (QED) is 0.688. The number of unbranched alkanes of at least 4 members (excludes halogenated alkanes) is 1. The first-order valence-corrected chi connectivity index (χ1v) is 7.24. The van der Waals surface area contributed by atoms with Crippen molar-refractivity contribution in [2.75, 3.05) is 6.61 Å². The van der Waals surface area contributed by atoms with Gasteiger partial charge in [0, 0.05) is 6.61 Å². The molecule has 1 saturated heterocycles. The molecule has 104 valence electrons.